The maximum absolute atomic E-state index is 11.9. The Bertz CT molecular complexity index is 578. The molecule has 0 heterocycles. The molecular formula is C15H13ClO3. The molecule has 98 valence electrons. The SMILES string of the molecule is CC(OC(=O)c1ccc(O)cc1)c1ccccc1Cl. The maximum Gasteiger partial charge on any atom is 0.338 e. The average Bonchev–Trinajstić information content (AvgIpc) is 2.39. The van der Waals surface area contributed by atoms with Crippen LogP contribution in [0.5, 0.6) is 5.75 Å². The zero-order chi connectivity index (χ0) is 13.8. The van der Waals surface area contributed by atoms with Gasteiger partial charge in [-0.1, -0.05) is 29.8 Å². The van der Waals surface area contributed by atoms with E-state index in [1.54, 1.807) is 13.0 Å². The maximum atomic E-state index is 11.9. The molecule has 1 unspecified atom stereocenters. The molecule has 19 heavy (non-hydrogen) atoms. The summed E-state index contributed by atoms with van der Waals surface area (Å²) in [6, 6.07) is 13.1. The summed E-state index contributed by atoms with van der Waals surface area (Å²) in [4.78, 5) is 11.9. The van der Waals surface area contributed by atoms with E-state index in [1.165, 1.54) is 24.3 Å². The van der Waals surface area contributed by atoms with Crippen molar-refractivity contribution in [3.63, 3.8) is 0 Å². The largest absolute Gasteiger partial charge is 0.508 e. The molecule has 4 heteroatoms. The molecule has 2 aromatic rings. The summed E-state index contributed by atoms with van der Waals surface area (Å²) in [5.74, 6) is -0.344. The second kappa shape index (κ2) is 5.76. The fraction of sp³-hybridized carbons (Fsp3) is 0.133. The van der Waals surface area contributed by atoms with Crippen molar-refractivity contribution < 1.29 is 14.6 Å². The van der Waals surface area contributed by atoms with E-state index in [2.05, 4.69) is 0 Å². The third-order valence-corrected chi connectivity index (χ3v) is 3.07. The van der Waals surface area contributed by atoms with Crippen LogP contribution in [0.1, 0.15) is 28.9 Å². The van der Waals surface area contributed by atoms with Crippen LogP contribution in [0.3, 0.4) is 0 Å². The number of benzene rings is 2. The lowest BCUT2D eigenvalue weighted by Gasteiger charge is -2.14. The van der Waals surface area contributed by atoms with Gasteiger partial charge in [-0.2, -0.15) is 0 Å². The number of ether oxygens (including phenoxy) is 1. The van der Waals surface area contributed by atoms with Crippen LogP contribution < -0.4 is 0 Å². The van der Waals surface area contributed by atoms with Crippen LogP contribution in [-0.2, 0) is 4.74 Å². The Balaban J connectivity index is 2.11. The standard InChI is InChI=1S/C15H13ClO3/c1-10(13-4-2-3-5-14(13)16)19-15(18)11-6-8-12(17)9-7-11/h2-10,17H,1H3. The topological polar surface area (TPSA) is 46.5 Å². The number of hydrogen-bond acceptors (Lipinski definition) is 3. The van der Waals surface area contributed by atoms with Crippen molar-refractivity contribution in [2.45, 2.75) is 13.0 Å². The van der Waals surface area contributed by atoms with Gasteiger partial charge in [-0.05, 0) is 37.3 Å². The molecule has 0 fully saturated rings. The Morgan fingerprint density at radius 3 is 2.42 bits per heavy atom. The quantitative estimate of drug-likeness (QED) is 0.863. The van der Waals surface area contributed by atoms with Gasteiger partial charge in [-0.3, -0.25) is 0 Å². The van der Waals surface area contributed by atoms with Crippen molar-refractivity contribution in [1.82, 2.24) is 0 Å². The molecule has 0 bridgehead atoms. The van der Waals surface area contributed by atoms with Gasteiger partial charge in [-0.15, -0.1) is 0 Å². The number of halogens is 1. The Hall–Kier alpha value is -2.00. The number of rotatable bonds is 3. The lowest BCUT2D eigenvalue weighted by atomic mass is 10.1. The van der Waals surface area contributed by atoms with Crippen LogP contribution in [0, 0.1) is 0 Å². The molecule has 0 spiro atoms. The van der Waals surface area contributed by atoms with Crippen LogP contribution in [0.4, 0.5) is 0 Å². The fourth-order valence-electron chi connectivity index (χ4n) is 1.69. The zero-order valence-electron chi connectivity index (χ0n) is 10.3. The molecule has 0 aliphatic carbocycles. The van der Waals surface area contributed by atoms with Gasteiger partial charge in [-0.25, -0.2) is 4.79 Å². The minimum atomic E-state index is -0.451. The summed E-state index contributed by atoms with van der Waals surface area (Å²) in [7, 11) is 0. The first-order valence-electron chi connectivity index (χ1n) is 5.82. The summed E-state index contributed by atoms with van der Waals surface area (Å²) >= 11 is 6.04. The third kappa shape index (κ3) is 3.26. The van der Waals surface area contributed by atoms with E-state index in [1.807, 2.05) is 18.2 Å². The normalized spacial score (nSPS) is 11.9. The van der Waals surface area contributed by atoms with Crippen LogP contribution in [0.15, 0.2) is 48.5 Å². The molecule has 0 aliphatic rings. The first-order chi connectivity index (χ1) is 9.08. The number of esters is 1. The number of phenolic OH excluding ortho intramolecular Hbond substituents is 1. The van der Waals surface area contributed by atoms with Gasteiger partial charge in [0.1, 0.15) is 11.9 Å². The number of carbonyl (C=O) groups is 1. The highest BCUT2D eigenvalue weighted by atomic mass is 35.5. The van der Waals surface area contributed by atoms with E-state index in [0.717, 1.165) is 5.56 Å². The zero-order valence-corrected chi connectivity index (χ0v) is 11.1. The van der Waals surface area contributed by atoms with Gasteiger partial charge >= 0.3 is 5.97 Å². The molecule has 1 atom stereocenters. The van der Waals surface area contributed by atoms with Crippen molar-refractivity contribution in [2.24, 2.45) is 0 Å². The number of aromatic hydroxyl groups is 1. The minimum absolute atomic E-state index is 0.107. The Kier molecular flexibility index (Phi) is 4.07. The van der Waals surface area contributed by atoms with Crippen LogP contribution in [0.25, 0.3) is 0 Å². The lowest BCUT2D eigenvalue weighted by Crippen LogP contribution is -2.09. The predicted molar refractivity (Wildman–Crippen MR) is 73.4 cm³/mol. The molecule has 1 N–H and O–H groups in total. The van der Waals surface area contributed by atoms with Crippen molar-refractivity contribution >= 4 is 17.6 Å². The van der Waals surface area contributed by atoms with E-state index >= 15 is 0 Å². The van der Waals surface area contributed by atoms with Gasteiger partial charge in [0.05, 0.1) is 5.56 Å². The van der Waals surface area contributed by atoms with E-state index < -0.39 is 12.1 Å². The van der Waals surface area contributed by atoms with Gasteiger partial charge in [0.2, 0.25) is 0 Å². The Morgan fingerprint density at radius 2 is 1.79 bits per heavy atom. The highest BCUT2D eigenvalue weighted by Gasteiger charge is 2.15. The summed E-state index contributed by atoms with van der Waals surface area (Å²) < 4.78 is 5.34. The Labute approximate surface area is 116 Å². The Morgan fingerprint density at radius 1 is 1.16 bits per heavy atom. The van der Waals surface area contributed by atoms with Crippen molar-refractivity contribution in [3.8, 4) is 5.75 Å². The van der Waals surface area contributed by atoms with Crippen molar-refractivity contribution in [2.75, 3.05) is 0 Å². The van der Waals surface area contributed by atoms with Crippen molar-refractivity contribution in [3.05, 3.63) is 64.7 Å². The van der Waals surface area contributed by atoms with Crippen molar-refractivity contribution in [1.29, 1.82) is 0 Å². The third-order valence-electron chi connectivity index (χ3n) is 2.73. The molecule has 0 aliphatic heterocycles. The molecule has 2 aromatic carbocycles. The smallest absolute Gasteiger partial charge is 0.338 e. The van der Waals surface area contributed by atoms with E-state index in [0.29, 0.717) is 10.6 Å². The molecule has 0 aromatic heterocycles. The first-order valence-corrected chi connectivity index (χ1v) is 6.20. The van der Waals surface area contributed by atoms with Gasteiger partial charge in [0, 0.05) is 10.6 Å². The number of hydrogen-bond donors (Lipinski definition) is 1. The van der Waals surface area contributed by atoms with E-state index in [-0.39, 0.29) is 5.75 Å². The second-order valence-corrected chi connectivity index (χ2v) is 4.52. The lowest BCUT2D eigenvalue weighted by molar-refractivity contribution is 0.0338. The predicted octanol–water partition coefficient (Wildman–Crippen LogP) is 3.96. The second-order valence-electron chi connectivity index (χ2n) is 4.12. The highest BCUT2D eigenvalue weighted by Crippen LogP contribution is 2.26. The number of phenols is 1. The number of carbonyl (C=O) groups excluding carboxylic acids is 1. The van der Waals surface area contributed by atoms with E-state index in [9.17, 15) is 4.79 Å². The summed E-state index contributed by atoms with van der Waals surface area (Å²) in [6.45, 7) is 1.76. The fourth-order valence-corrected chi connectivity index (χ4v) is 1.98. The minimum Gasteiger partial charge on any atom is -0.508 e. The van der Waals surface area contributed by atoms with Gasteiger partial charge < -0.3 is 9.84 Å². The molecule has 2 rings (SSSR count). The highest BCUT2D eigenvalue weighted by molar-refractivity contribution is 6.31. The van der Waals surface area contributed by atoms with E-state index in [4.69, 9.17) is 21.4 Å². The molecule has 0 saturated carbocycles. The molecule has 0 radical (unpaired) electrons. The van der Waals surface area contributed by atoms with Crippen LogP contribution in [0.2, 0.25) is 5.02 Å². The van der Waals surface area contributed by atoms with Gasteiger partial charge in [0.25, 0.3) is 0 Å². The monoisotopic (exact) mass is 276 g/mol. The molecule has 0 saturated heterocycles. The van der Waals surface area contributed by atoms with Gasteiger partial charge in [0.15, 0.2) is 0 Å². The van der Waals surface area contributed by atoms with Crippen LogP contribution >= 0.6 is 11.6 Å². The molecule has 3 nitrogen and oxygen atoms in total. The van der Waals surface area contributed by atoms with Crippen LogP contribution in [-0.4, -0.2) is 11.1 Å². The molecule has 0 amide bonds. The summed E-state index contributed by atoms with van der Waals surface area (Å²) in [6.07, 6.45) is -0.435. The molecular weight excluding hydrogens is 264 g/mol. The summed E-state index contributed by atoms with van der Waals surface area (Å²) in [5.41, 5.74) is 1.15. The average molecular weight is 277 g/mol. The summed E-state index contributed by atoms with van der Waals surface area (Å²) in [5, 5.41) is 9.73. The first kappa shape index (κ1) is 13.4.